The number of carbonyl (C=O) groups excluding carboxylic acids is 2. The van der Waals surface area contributed by atoms with E-state index in [9.17, 15) is 9.59 Å². The lowest BCUT2D eigenvalue weighted by atomic mass is 9.49. The molecule has 4 saturated carbocycles. The Hall–Kier alpha value is -1.88. The van der Waals surface area contributed by atoms with E-state index in [1.807, 2.05) is 4.90 Å². The second-order valence-electron chi connectivity index (χ2n) is 11.6. The van der Waals surface area contributed by atoms with Gasteiger partial charge in [0.05, 0.1) is 5.41 Å². The maximum Gasteiger partial charge on any atom is 0.243 e. The number of amides is 2. The van der Waals surface area contributed by atoms with Gasteiger partial charge in [0.1, 0.15) is 6.04 Å². The number of likely N-dealkylation sites (tertiary alicyclic amines) is 2. The smallest absolute Gasteiger partial charge is 0.243 e. The van der Waals surface area contributed by atoms with Crippen molar-refractivity contribution in [3.05, 3.63) is 35.9 Å². The monoisotopic (exact) mass is 435 g/mol. The van der Waals surface area contributed by atoms with Gasteiger partial charge in [0.25, 0.3) is 0 Å². The zero-order chi connectivity index (χ0) is 21.7. The van der Waals surface area contributed by atoms with E-state index in [-0.39, 0.29) is 23.4 Å². The first-order valence-electron chi connectivity index (χ1n) is 13.0. The van der Waals surface area contributed by atoms with Crippen molar-refractivity contribution in [2.24, 2.45) is 23.2 Å². The molecule has 32 heavy (non-hydrogen) atoms. The topological polar surface area (TPSA) is 52.7 Å². The largest absolute Gasteiger partial charge is 0.350 e. The van der Waals surface area contributed by atoms with E-state index in [2.05, 4.69) is 40.5 Å². The van der Waals surface area contributed by atoms with Crippen LogP contribution in [0.2, 0.25) is 0 Å². The molecule has 4 aliphatic carbocycles. The van der Waals surface area contributed by atoms with Crippen molar-refractivity contribution in [1.82, 2.24) is 15.1 Å². The summed E-state index contributed by atoms with van der Waals surface area (Å²) in [6.07, 6.45) is 10.1. The lowest BCUT2D eigenvalue weighted by Gasteiger charge is -2.56. The predicted molar refractivity (Wildman–Crippen MR) is 124 cm³/mol. The van der Waals surface area contributed by atoms with Crippen LogP contribution in [0.3, 0.4) is 0 Å². The molecule has 0 aromatic heterocycles. The minimum atomic E-state index is -0.251. The predicted octanol–water partition coefficient (Wildman–Crippen LogP) is 3.58. The fraction of sp³-hybridized carbons (Fsp3) is 0.704. The van der Waals surface area contributed by atoms with E-state index in [4.69, 9.17) is 0 Å². The SMILES string of the molecule is O=C(N[C@@H]1CCN(Cc2ccccc2)C1)[C@@H]1CCCN1C(=O)C12CC3CC(CC(C3)C1)C2. The number of hydrogen-bond acceptors (Lipinski definition) is 3. The van der Waals surface area contributed by atoms with Crippen LogP contribution in [-0.2, 0) is 16.1 Å². The third-order valence-electron chi connectivity index (χ3n) is 9.18. The van der Waals surface area contributed by atoms with Crippen LogP contribution in [0.5, 0.6) is 0 Å². The highest BCUT2D eigenvalue weighted by molar-refractivity contribution is 5.91. The molecule has 2 saturated heterocycles. The Kier molecular flexibility index (Phi) is 5.28. The maximum atomic E-state index is 13.8. The number of nitrogens with one attached hydrogen (secondary N) is 1. The van der Waals surface area contributed by atoms with Crippen molar-refractivity contribution in [2.45, 2.75) is 76.4 Å². The molecular formula is C27H37N3O2. The zero-order valence-corrected chi connectivity index (χ0v) is 19.2. The molecule has 172 valence electrons. The summed E-state index contributed by atoms with van der Waals surface area (Å²) in [4.78, 5) is 31.6. The summed E-state index contributed by atoms with van der Waals surface area (Å²) in [5.41, 5.74) is 1.18. The van der Waals surface area contributed by atoms with Crippen LogP contribution in [0, 0.1) is 23.2 Å². The van der Waals surface area contributed by atoms with Crippen molar-refractivity contribution < 1.29 is 9.59 Å². The van der Waals surface area contributed by atoms with Gasteiger partial charge in [-0.05, 0) is 81.1 Å². The van der Waals surface area contributed by atoms with E-state index >= 15 is 0 Å². The summed E-state index contributed by atoms with van der Waals surface area (Å²) in [6.45, 7) is 3.62. The lowest BCUT2D eigenvalue weighted by molar-refractivity contribution is -0.160. The molecule has 1 N–H and O–H groups in total. The van der Waals surface area contributed by atoms with Crippen molar-refractivity contribution in [2.75, 3.05) is 19.6 Å². The second-order valence-corrected chi connectivity index (χ2v) is 11.6. The minimum Gasteiger partial charge on any atom is -0.350 e. The molecule has 0 radical (unpaired) electrons. The quantitative estimate of drug-likeness (QED) is 0.769. The molecule has 2 amide bonds. The van der Waals surface area contributed by atoms with Gasteiger partial charge < -0.3 is 10.2 Å². The molecule has 0 spiro atoms. The number of hydrogen-bond donors (Lipinski definition) is 1. The van der Waals surface area contributed by atoms with Gasteiger partial charge in [-0.2, -0.15) is 0 Å². The first kappa shape index (κ1) is 20.7. The molecule has 2 heterocycles. The van der Waals surface area contributed by atoms with Crippen LogP contribution >= 0.6 is 0 Å². The van der Waals surface area contributed by atoms with Crippen LogP contribution in [0.25, 0.3) is 0 Å². The third-order valence-corrected chi connectivity index (χ3v) is 9.18. The highest BCUT2D eigenvalue weighted by Gasteiger charge is 2.56. The average molecular weight is 436 g/mol. The highest BCUT2D eigenvalue weighted by atomic mass is 16.2. The minimum absolute atomic E-state index is 0.0899. The molecule has 5 nitrogen and oxygen atoms in total. The van der Waals surface area contributed by atoms with Crippen LogP contribution in [0.15, 0.2) is 30.3 Å². The van der Waals surface area contributed by atoms with Gasteiger partial charge in [-0.25, -0.2) is 0 Å². The fourth-order valence-electron chi connectivity index (χ4n) is 8.19. The summed E-state index contributed by atoms with van der Waals surface area (Å²) in [5, 5.41) is 3.32. The van der Waals surface area contributed by atoms with E-state index in [1.165, 1.54) is 24.8 Å². The van der Waals surface area contributed by atoms with Crippen LogP contribution in [0.4, 0.5) is 0 Å². The van der Waals surface area contributed by atoms with Gasteiger partial charge in [-0.15, -0.1) is 0 Å². The van der Waals surface area contributed by atoms with Crippen molar-refractivity contribution in [3.63, 3.8) is 0 Å². The molecule has 0 unspecified atom stereocenters. The molecule has 1 aromatic carbocycles. The standard InChI is InChI=1S/C27H37N3O2/c31-25(28-23-8-10-29(18-23)17-19-5-2-1-3-6-19)24-7-4-9-30(24)26(32)27-14-20-11-21(15-27)13-22(12-20)16-27/h1-3,5-6,20-24H,4,7-18H2,(H,28,31)/t20?,21?,22?,23-,24+,27?/m1/s1. The average Bonchev–Trinajstić information content (AvgIpc) is 3.43. The van der Waals surface area contributed by atoms with Gasteiger partial charge >= 0.3 is 0 Å². The summed E-state index contributed by atoms with van der Waals surface area (Å²) >= 11 is 0. The summed E-state index contributed by atoms with van der Waals surface area (Å²) < 4.78 is 0. The Morgan fingerprint density at radius 3 is 2.31 bits per heavy atom. The number of nitrogens with zero attached hydrogens (tertiary/aromatic N) is 2. The second kappa shape index (κ2) is 8.16. The van der Waals surface area contributed by atoms with Crippen LogP contribution in [-0.4, -0.2) is 53.3 Å². The Bertz CT molecular complexity index is 834. The molecule has 2 aliphatic heterocycles. The van der Waals surface area contributed by atoms with Crippen LogP contribution in [0.1, 0.15) is 63.4 Å². The van der Waals surface area contributed by atoms with E-state index in [0.29, 0.717) is 5.91 Å². The van der Waals surface area contributed by atoms with Crippen molar-refractivity contribution in [3.8, 4) is 0 Å². The van der Waals surface area contributed by atoms with E-state index in [0.717, 1.165) is 82.5 Å². The zero-order valence-electron chi connectivity index (χ0n) is 19.2. The first-order valence-corrected chi connectivity index (χ1v) is 13.0. The Balaban J connectivity index is 1.08. The lowest BCUT2D eigenvalue weighted by Crippen LogP contribution is -2.57. The van der Waals surface area contributed by atoms with Gasteiger partial charge in [0.15, 0.2) is 0 Å². The molecule has 4 bridgehead atoms. The Labute approximate surface area is 191 Å². The summed E-state index contributed by atoms with van der Waals surface area (Å²) in [7, 11) is 0. The summed E-state index contributed by atoms with van der Waals surface area (Å²) in [6, 6.07) is 10.5. The number of benzene rings is 1. The van der Waals surface area contributed by atoms with Gasteiger partial charge in [-0.1, -0.05) is 30.3 Å². The maximum absolute atomic E-state index is 13.8. The number of carbonyl (C=O) groups is 2. The number of rotatable bonds is 5. The van der Waals surface area contributed by atoms with Gasteiger partial charge in [0.2, 0.25) is 11.8 Å². The first-order chi connectivity index (χ1) is 15.6. The molecule has 7 rings (SSSR count). The Morgan fingerprint density at radius 2 is 1.62 bits per heavy atom. The molecule has 6 fully saturated rings. The van der Waals surface area contributed by atoms with Crippen LogP contribution < -0.4 is 5.32 Å². The molecule has 2 atom stereocenters. The normalized spacial score (nSPS) is 38.4. The third kappa shape index (κ3) is 3.76. The van der Waals surface area contributed by atoms with Crippen molar-refractivity contribution >= 4 is 11.8 Å². The summed E-state index contributed by atoms with van der Waals surface area (Å²) in [5.74, 6) is 2.69. The van der Waals surface area contributed by atoms with Crippen molar-refractivity contribution in [1.29, 1.82) is 0 Å². The van der Waals surface area contributed by atoms with E-state index in [1.54, 1.807) is 0 Å². The van der Waals surface area contributed by atoms with Gasteiger partial charge in [0, 0.05) is 32.2 Å². The molecule has 6 aliphatic rings. The Morgan fingerprint density at radius 1 is 0.938 bits per heavy atom. The fourth-order valence-corrected chi connectivity index (χ4v) is 8.19. The molecule has 1 aromatic rings. The van der Waals surface area contributed by atoms with Gasteiger partial charge in [-0.3, -0.25) is 14.5 Å². The molecule has 5 heteroatoms. The highest BCUT2D eigenvalue weighted by Crippen LogP contribution is 2.60. The molecular weight excluding hydrogens is 398 g/mol. The van der Waals surface area contributed by atoms with E-state index < -0.39 is 0 Å².